The Morgan fingerprint density at radius 3 is 2.35 bits per heavy atom. The Labute approximate surface area is 203 Å². The van der Waals surface area contributed by atoms with Gasteiger partial charge in [-0.05, 0) is 44.5 Å². The van der Waals surface area contributed by atoms with Crippen molar-refractivity contribution in [3.8, 4) is 17.2 Å². The lowest BCUT2D eigenvalue weighted by molar-refractivity contribution is -0.118. The molecule has 2 saturated heterocycles. The molecule has 1 atom stereocenters. The zero-order valence-electron chi connectivity index (χ0n) is 20.7. The molecule has 4 rings (SSSR count). The molecule has 2 aromatic carbocycles. The molecule has 2 fully saturated rings. The maximum absolute atomic E-state index is 13.6. The van der Waals surface area contributed by atoms with Crippen LogP contribution in [0.1, 0.15) is 32.1 Å². The van der Waals surface area contributed by atoms with Crippen LogP contribution in [0.2, 0.25) is 0 Å². The summed E-state index contributed by atoms with van der Waals surface area (Å²) in [5.41, 5.74) is 1.51. The number of methoxy groups -OCH3 is 3. The van der Waals surface area contributed by atoms with Gasteiger partial charge < -0.3 is 19.1 Å². The molecule has 184 valence electrons. The summed E-state index contributed by atoms with van der Waals surface area (Å²) in [4.78, 5) is 20.5. The minimum absolute atomic E-state index is 0.0526. The summed E-state index contributed by atoms with van der Waals surface area (Å²) in [7, 11) is 4.75. The zero-order valence-corrected chi connectivity index (χ0v) is 20.7. The number of piperidine rings is 1. The molecule has 2 aliphatic rings. The third-order valence-corrected chi connectivity index (χ3v) is 6.96. The highest BCUT2D eigenvalue weighted by Gasteiger charge is 2.29. The highest BCUT2D eigenvalue weighted by atomic mass is 16.5. The average Bonchev–Trinajstić information content (AvgIpc) is 2.88. The van der Waals surface area contributed by atoms with E-state index in [1.165, 1.54) is 25.8 Å². The van der Waals surface area contributed by atoms with Crippen molar-refractivity contribution < 1.29 is 19.0 Å². The van der Waals surface area contributed by atoms with E-state index in [0.29, 0.717) is 35.4 Å². The Hall–Kier alpha value is -2.77. The monoisotopic (exact) mass is 467 g/mol. The van der Waals surface area contributed by atoms with Gasteiger partial charge in [-0.15, -0.1) is 0 Å². The molecule has 0 bridgehead atoms. The maximum Gasteiger partial charge on any atom is 0.231 e. The van der Waals surface area contributed by atoms with Crippen LogP contribution in [0.3, 0.4) is 0 Å². The van der Waals surface area contributed by atoms with Gasteiger partial charge in [0.05, 0.1) is 27.0 Å². The Balaban J connectivity index is 1.48. The summed E-state index contributed by atoms with van der Waals surface area (Å²) in [6.07, 6.45) is 5.28. The summed E-state index contributed by atoms with van der Waals surface area (Å²) < 4.78 is 16.5. The van der Waals surface area contributed by atoms with Crippen molar-refractivity contribution in [3.05, 3.63) is 42.5 Å². The summed E-state index contributed by atoms with van der Waals surface area (Å²) in [6, 6.07) is 14.1. The van der Waals surface area contributed by atoms with Crippen LogP contribution in [0.15, 0.2) is 42.5 Å². The van der Waals surface area contributed by atoms with Gasteiger partial charge in [0.1, 0.15) is 0 Å². The smallest absolute Gasteiger partial charge is 0.231 e. The van der Waals surface area contributed by atoms with Crippen LogP contribution in [0.5, 0.6) is 17.2 Å². The fourth-order valence-corrected chi connectivity index (χ4v) is 5.20. The molecule has 0 spiro atoms. The van der Waals surface area contributed by atoms with Gasteiger partial charge in [-0.3, -0.25) is 14.6 Å². The fraction of sp³-hybridized carbons (Fsp3) is 0.519. The lowest BCUT2D eigenvalue weighted by Crippen LogP contribution is -2.54. The third kappa shape index (κ3) is 5.47. The first-order chi connectivity index (χ1) is 16.6. The van der Waals surface area contributed by atoms with Crippen molar-refractivity contribution in [2.24, 2.45) is 0 Å². The summed E-state index contributed by atoms with van der Waals surface area (Å²) in [5.74, 6) is 1.61. The molecule has 2 aliphatic heterocycles. The predicted molar refractivity (Wildman–Crippen MR) is 135 cm³/mol. The fourth-order valence-electron chi connectivity index (χ4n) is 5.20. The number of carbonyl (C=O) groups excluding carboxylic acids is 1. The molecule has 0 radical (unpaired) electrons. The van der Waals surface area contributed by atoms with Crippen molar-refractivity contribution in [1.29, 1.82) is 0 Å². The molecular formula is C27H37N3O4. The number of carbonyl (C=O) groups is 1. The summed E-state index contributed by atoms with van der Waals surface area (Å²) >= 11 is 0. The van der Waals surface area contributed by atoms with Crippen molar-refractivity contribution in [1.82, 2.24) is 9.80 Å². The van der Waals surface area contributed by atoms with E-state index < -0.39 is 0 Å². The quantitative estimate of drug-likeness (QED) is 0.547. The second kappa shape index (κ2) is 11.6. The standard InChI is InChI=1S/C27H37N3O4/c1-32-24-18-23(19-25(33-2)27(24)34-3)30(21-10-5-4-6-11-21)26(31)13-9-14-28-16-17-29-15-8-7-12-22(29)20-28/h4-6,10-11,18-19,22H,7-9,12-17,20H2,1-3H3. The minimum atomic E-state index is 0.0526. The zero-order chi connectivity index (χ0) is 23.9. The molecular weight excluding hydrogens is 430 g/mol. The predicted octanol–water partition coefficient (Wildman–Crippen LogP) is 4.33. The van der Waals surface area contributed by atoms with Gasteiger partial charge in [-0.1, -0.05) is 24.6 Å². The van der Waals surface area contributed by atoms with E-state index >= 15 is 0 Å². The number of amides is 1. The van der Waals surface area contributed by atoms with Crippen molar-refractivity contribution in [2.45, 2.75) is 38.1 Å². The number of para-hydroxylation sites is 1. The number of hydrogen-bond acceptors (Lipinski definition) is 6. The number of rotatable bonds is 9. The van der Waals surface area contributed by atoms with Crippen LogP contribution >= 0.6 is 0 Å². The van der Waals surface area contributed by atoms with Crippen molar-refractivity contribution in [2.75, 3.05) is 59.0 Å². The summed E-state index contributed by atoms with van der Waals surface area (Å²) in [6.45, 7) is 5.58. The molecule has 34 heavy (non-hydrogen) atoms. The highest BCUT2D eigenvalue weighted by Crippen LogP contribution is 2.42. The first-order valence-electron chi connectivity index (χ1n) is 12.3. The third-order valence-electron chi connectivity index (χ3n) is 6.96. The van der Waals surface area contributed by atoms with E-state index in [2.05, 4.69) is 9.80 Å². The lowest BCUT2D eigenvalue weighted by Gasteiger charge is -2.44. The van der Waals surface area contributed by atoms with Crippen LogP contribution in [0.25, 0.3) is 0 Å². The number of benzene rings is 2. The molecule has 1 amide bonds. The van der Waals surface area contributed by atoms with Gasteiger partial charge in [-0.25, -0.2) is 0 Å². The molecule has 2 heterocycles. The van der Waals surface area contributed by atoms with Gasteiger partial charge >= 0.3 is 0 Å². The van der Waals surface area contributed by atoms with Crippen molar-refractivity contribution in [3.63, 3.8) is 0 Å². The van der Waals surface area contributed by atoms with Crippen molar-refractivity contribution >= 4 is 17.3 Å². The van der Waals surface area contributed by atoms with E-state index in [1.807, 2.05) is 42.5 Å². The van der Waals surface area contributed by atoms with Crippen LogP contribution < -0.4 is 19.1 Å². The molecule has 0 aliphatic carbocycles. The first-order valence-corrected chi connectivity index (χ1v) is 12.3. The van der Waals surface area contributed by atoms with Gasteiger partial charge in [0.2, 0.25) is 11.7 Å². The number of hydrogen-bond donors (Lipinski definition) is 0. The minimum Gasteiger partial charge on any atom is -0.493 e. The molecule has 0 N–H and O–H groups in total. The Bertz CT molecular complexity index is 927. The highest BCUT2D eigenvalue weighted by molar-refractivity contribution is 6.01. The molecule has 0 aromatic heterocycles. The Morgan fingerprint density at radius 1 is 0.941 bits per heavy atom. The second-order valence-corrected chi connectivity index (χ2v) is 9.04. The Morgan fingerprint density at radius 2 is 1.68 bits per heavy atom. The number of piperazine rings is 1. The lowest BCUT2D eigenvalue weighted by atomic mass is 9.99. The SMILES string of the molecule is COc1cc(N(C(=O)CCCN2CCN3CCCCC3C2)c2ccccc2)cc(OC)c1OC. The molecule has 1 unspecified atom stereocenters. The average molecular weight is 468 g/mol. The molecule has 2 aromatic rings. The van der Waals surface area contributed by atoms with Gasteiger partial charge in [0.25, 0.3) is 0 Å². The van der Waals surface area contributed by atoms with Crippen LogP contribution in [-0.2, 0) is 4.79 Å². The molecule has 0 saturated carbocycles. The number of fused-ring (bicyclic) bond motifs is 1. The van der Waals surface area contributed by atoms with Crippen LogP contribution in [0.4, 0.5) is 11.4 Å². The molecule has 7 nitrogen and oxygen atoms in total. The summed E-state index contributed by atoms with van der Waals surface area (Å²) in [5, 5.41) is 0. The van der Waals surface area contributed by atoms with Gasteiger partial charge in [-0.2, -0.15) is 0 Å². The second-order valence-electron chi connectivity index (χ2n) is 9.04. The van der Waals surface area contributed by atoms with E-state index in [9.17, 15) is 4.79 Å². The Kier molecular flexibility index (Phi) is 8.29. The van der Waals surface area contributed by atoms with E-state index in [0.717, 1.165) is 38.3 Å². The number of nitrogens with zero attached hydrogens (tertiary/aromatic N) is 3. The number of ether oxygens (including phenoxy) is 3. The van der Waals surface area contributed by atoms with Gasteiger partial charge in [0.15, 0.2) is 11.5 Å². The van der Waals surface area contributed by atoms with Crippen LogP contribution in [0, 0.1) is 0 Å². The normalized spacial score (nSPS) is 18.7. The van der Waals surface area contributed by atoms with E-state index in [-0.39, 0.29) is 5.91 Å². The molecule has 7 heteroatoms. The maximum atomic E-state index is 13.6. The largest absolute Gasteiger partial charge is 0.493 e. The van der Waals surface area contributed by atoms with E-state index in [1.54, 1.807) is 26.2 Å². The van der Waals surface area contributed by atoms with E-state index in [4.69, 9.17) is 14.2 Å². The number of anilines is 2. The topological polar surface area (TPSA) is 54.5 Å². The van der Waals surface area contributed by atoms with Crippen LogP contribution in [-0.4, -0.2) is 75.8 Å². The first kappa shape index (κ1) is 24.4. The van der Waals surface area contributed by atoms with Gasteiger partial charge in [0, 0.05) is 49.9 Å².